The summed E-state index contributed by atoms with van der Waals surface area (Å²) >= 11 is 0. The number of halogens is 1. The van der Waals surface area contributed by atoms with E-state index in [1.165, 1.54) is 154 Å². The lowest BCUT2D eigenvalue weighted by Gasteiger charge is -2.34. The van der Waals surface area contributed by atoms with Gasteiger partial charge in [-0.25, -0.2) is 0 Å². The Hall–Kier alpha value is 0.400. The highest BCUT2D eigenvalue weighted by molar-refractivity contribution is 4.51. The Morgan fingerprint density at radius 2 is 0.656 bits per heavy atom. The zero-order valence-electron chi connectivity index (χ0n) is 22.7. The van der Waals surface area contributed by atoms with Gasteiger partial charge in [0.1, 0.15) is 6.54 Å². The Bertz CT molecular complexity index is 339. The third-order valence-electron chi connectivity index (χ3n) is 7.24. The highest BCUT2D eigenvalue weighted by Crippen LogP contribution is 2.15. The van der Waals surface area contributed by atoms with Gasteiger partial charge in [-0.05, 0) is 25.7 Å². The molecule has 0 spiro atoms. The second-order valence-corrected chi connectivity index (χ2v) is 10.6. The SMILES string of the molecule is CCCCCCCCCCCCCCCCCC[N+](C)(CCO)CCCCCCCC.[Br-]. The maximum Gasteiger partial charge on any atom is 0.102 e. The number of rotatable bonds is 26. The number of aliphatic hydroxyl groups excluding tert-OH is 1. The van der Waals surface area contributed by atoms with Crippen LogP contribution in [0.5, 0.6) is 0 Å². The van der Waals surface area contributed by atoms with Crippen molar-refractivity contribution in [2.45, 2.75) is 155 Å². The van der Waals surface area contributed by atoms with E-state index >= 15 is 0 Å². The fourth-order valence-electron chi connectivity index (χ4n) is 4.89. The summed E-state index contributed by atoms with van der Waals surface area (Å²) in [5.74, 6) is 0. The van der Waals surface area contributed by atoms with Crippen LogP contribution < -0.4 is 17.0 Å². The Balaban J connectivity index is 0. The van der Waals surface area contributed by atoms with Crippen LogP contribution in [0.3, 0.4) is 0 Å². The molecule has 196 valence electrons. The molecule has 0 bridgehead atoms. The first kappa shape index (κ1) is 34.6. The van der Waals surface area contributed by atoms with Gasteiger partial charge >= 0.3 is 0 Å². The molecule has 32 heavy (non-hydrogen) atoms. The van der Waals surface area contributed by atoms with E-state index in [9.17, 15) is 5.11 Å². The molecule has 0 fully saturated rings. The Kier molecular flexibility index (Phi) is 29.9. The van der Waals surface area contributed by atoms with Crippen molar-refractivity contribution in [2.75, 3.05) is 33.3 Å². The minimum Gasteiger partial charge on any atom is -1.00 e. The lowest BCUT2D eigenvalue weighted by molar-refractivity contribution is -0.910. The molecule has 0 aromatic carbocycles. The van der Waals surface area contributed by atoms with Crippen LogP contribution in [0, 0.1) is 0 Å². The van der Waals surface area contributed by atoms with Crippen LogP contribution in [0.2, 0.25) is 0 Å². The second-order valence-electron chi connectivity index (χ2n) is 10.6. The van der Waals surface area contributed by atoms with E-state index in [2.05, 4.69) is 20.9 Å². The molecule has 0 heterocycles. The van der Waals surface area contributed by atoms with Crippen LogP contribution in [-0.2, 0) is 0 Å². The number of hydrogen-bond donors (Lipinski definition) is 1. The standard InChI is InChI=1S/C29H62NO.BrH/c1-4-6-8-10-12-13-14-15-16-17-18-19-20-21-23-25-27-30(3,28-29-31)26-24-22-11-9-7-5-2;/h31H,4-29H2,1-3H3;1H/q+1;/p-1. The molecule has 0 aliphatic rings. The van der Waals surface area contributed by atoms with Gasteiger partial charge in [0.2, 0.25) is 0 Å². The van der Waals surface area contributed by atoms with Crippen molar-refractivity contribution >= 4 is 0 Å². The van der Waals surface area contributed by atoms with Crippen molar-refractivity contribution in [1.29, 1.82) is 0 Å². The number of aliphatic hydroxyl groups is 1. The summed E-state index contributed by atoms with van der Waals surface area (Å²) in [5.41, 5.74) is 0. The van der Waals surface area contributed by atoms with Crippen molar-refractivity contribution in [3.63, 3.8) is 0 Å². The van der Waals surface area contributed by atoms with Gasteiger partial charge in [-0.1, -0.05) is 129 Å². The normalized spacial score (nSPS) is 13.1. The molecule has 1 atom stereocenters. The van der Waals surface area contributed by atoms with Crippen LogP contribution in [0.1, 0.15) is 155 Å². The fraction of sp³-hybridized carbons (Fsp3) is 1.00. The smallest absolute Gasteiger partial charge is 0.102 e. The molecule has 1 N–H and O–H groups in total. The van der Waals surface area contributed by atoms with Gasteiger partial charge in [0, 0.05) is 0 Å². The number of likely N-dealkylation sites (N-methyl/N-ethyl adjacent to an activating group) is 1. The molecule has 2 nitrogen and oxygen atoms in total. The summed E-state index contributed by atoms with van der Waals surface area (Å²) in [6.45, 7) is 8.37. The molecule has 0 aliphatic heterocycles. The molecule has 3 heteroatoms. The summed E-state index contributed by atoms with van der Waals surface area (Å²) < 4.78 is 1.09. The summed E-state index contributed by atoms with van der Waals surface area (Å²) in [5, 5.41) is 9.49. The monoisotopic (exact) mass is 519 g/mol. The van der Waals surface area contributed by atoms with E-state index in [1.807, 2.05) is 0 Å². The van der Waals surface area contributed by atoms with E-state index in [4.69, 9.17) is 0 Å². The molecule has 0 rings (SSSR count). The third-order valence-corrected chi connectivity index (χ3v) is 7.24. The Morgan fingerprint density at radius 1 is 0.406 bits per heavy atom. The van der Waals surface area contributed by atoms with Crippen LogP contribution in [-0.4, -0.2) is 42.9 Å². The number of quaternary nitrogens is 1. The minimum atomic E-state index is 0. The van der Waals surface area contributed by atoms with Crippen LogP contribution in [0.4, 0.5) is 0 Å². The number of unbranched alkanes of at least 4 members (excludes halogenated alkanes) is 20. The first-order valence-corrected chi connectivity index (χ1v) is 14.6. The maximum absolute atomic E-state index is 9.49. The number of hydrogen-bond acceptors (Lipinski definition) is 1. The molecule has 0 aliphatic carbocycles. The van der Waals surface area contributed by atoms with Gasteiger partial charge in [-0.2, -0.15) is 0 Å². The van der Waals surface area contributed by atoms with Gasteiger partial charge in [-0.15, -0.1) is 0 Å². The maximum atomic E-state index is 9.49. The van der Waals surface area contributed by atoms with Crippen molar-refractivity contribution in [3.8, 4) is 0 Å². The van der Waals surface area contributed by atoms with Gasteiger partial charge in [0.05, 0.1) is 26.7 Å². The Labute approximate surface area is 214 Å². The van der Waals surface area contributed by atoms with Crippen molar-refractivity contribution < 1.29 is 26.6 Å². The quantitative estimate of drug-likeness (QED) is 0.109. The van der Waals surface area contributed by atoms with Gasteiger partial charge in [0.25, 0.3) is 0 Å². The van der Waals surface area contributed by atoms with Gasteiger partial charge < -0.3 is 26.6 Å². The van der Waals surface area contributed by atoms with Crippen molar-refractivity contribution in [2.24, 2.45) is 0 Å². The zero-order chi connectivity index (χ0) is 22.9. The van der Waals surface area contributed by atoms with Gasteiger partial charge in [0.15, 0.2) is 0 Å². The molecule has 0 saturated carbocycles. The molecular formula is C29H62BrNO. The Morgan fingerprint density at radius 3 is 0.906 bits per heavy atom. The lowest BCUT2D eigenvalue weighted by Crippen LogP contribution is -3.00. The number of nitrogens with zero attached hydrogens (tertiary/aromatic N) is 1. The summed E-state index contributed by atoms with van der Waals surface area (Å²) in [4.78, 5) is 0. The molecule has 0 saturated heterocycles. The van der Waals surface area contributed by atoms with Crippen LogP contribution in [0.25, 0.3) is 0 Å². The molecular weight excluding hydrogens is 458 g/mol. The van der Waals surface area contributed by atoms with E-state index in [1.54, 1.807) is 0 Å². The molecule has 0 aromatic rings. The summed E-state index contributed by atoms with van der Waals surface area (Å²) in [7, 11) is 2.37. The highest BCUT2D eigenvalue weighted by Gasteiger charge is 2.19. The predicted octanol–water partition coefficient (Wildman–Crippen LogP) is 6.05. The van der Waals surface area contributed by atoms with E-state index in [-0.39, 0.29) is 17.0 Å². The molecule has 0 aromatic heterocycles. The fourth-order valence-corrected chi connectivity index (χ4v) is 4.89. The first-order valence-electron chi connectivity index (χ1n) is 14.6. The summed E-state index contributed by atoms with van der Waals surface area (Å²) in [6, 6.07) is 0. The molecule has 0 radical (unpaired) electrons. The minimum absolute atomic E-state index is 0. The van der Waals surface area contributed by atoms with Gasteiger partial charge in [-0.3, -0.25) is 0 Å². The molecule has 0 amide bonds. The van der Waals surface area contributed by atoms with E-state index in [0.717, 1.165) is 11.0 Å². The van der Waals surface area contributed by atoms with E-state index in [0.29, 0.717) is 6.61 Å². The average Bonchev–Trinajstić information content (AvgIpc) is 2.76. The lowest BCUT2D eigenvalue weighted by atomic mass is 10.0. The second kappa shape index (κ2) is 27.6. The van der Waals surface area contributed by atoms with E-state index < -0.39 is 0 Å². The molecule has 1 unspecified atom stereocenters. The topological polar surface area (TPSA) is 20.2 Å². The predicted molar refractivity (Wildman–Crippen MR) is 141 cm³/mol. The largest absolute Gasteiger partial charge is 1.00 e. The zero-order valence-corrected chi connectivity index (χ0v) is 24.2. The highest BCUT2D eigenvalue weighted by atomic mass is 79.9. The van der Waals surface area contributed by atoms with Crippen LogP contribution >= 0.6 is 0 Å². The van der Waals surface area contributed by atoms with Crippen molar-refractivity contribution in [1.82, 2.24) is 0 Å². The van der Waals surface area contributed by atoms with Crippen LogP contribution in [0.15, 0.2) is 0 Å². The third kappa shape index (κ3) is 25.0. The summed E-state index contributed by atoms with van der Waals surface area (Å²) in [6.07, 6.45) is 31.2. The first-order chi connectivity index (χ1) is 15.2. The average molecular weight is 521 g/mol. The van der Waals surface area contributed by atoms with Crippen molar-refractivity contribution in [3.05, 3.63) is 0 Å².